The van der Waals surface area contributed by atoms with Crippen molar-refractivity contribution in [3.05, 3.63) is 0 Å². The van der Waals surface area contributed by atoms with E-state index in [0.717, 1.165) is 11.2 Å². The lowest BCUT2D eigenvalue weighted by molar-refractivity contribution is 0.438. The minimum absolute atomic E-state index is 0.664. The summed E-state index contributed by atoms with van der Waals surface area (Å²) in [5, 5.41) is 4.57. The zero-order valence-corrected chi connectivity index (χ0v) is 11.4. The fourth-order valence-corrected chi connectivity index (χ4v) is 3.22. The Labute approximate surface area is 99.8 Å². The summed E-state index contributed by atoms with van der Waals surface area (Å²) < 4.78 is 0. The summed E-state index contributed by atoms with van der Waals surface area (Å²) in [5.41, 5.74) is 0. The number of nitrogens with one attached hydrogen (secondary N) is 1. The molecule has 0 spiro atoms. The van der Waals surface area contributed by atoms with Crippen molar-refractivity contribution in [3.8, 4) is 0 Å². The van der Waals surface area contributed by atoms with Gasteiger partial charge in [-0.3, -0.25) is 0 Å². The third kappa shape index (κ3) is 5.82. The van der Waals surface area contributed by atoms with Crippen molar-refractivity contribution in [3.63, 3.8) is 0 Å². The van der Waals surface area contributed by atoms with Crippen LogP contribution in [-0.4, -0.2) is 23.6 Å². The lowest BCUT2D eigenvalue weighted by Gasteiger charge is -2.22. The summed E-state index contributed by atoms with van der Waals surface area (Å²) in [5.74, 6) is 2.05. The topological polar surface area (TPSA) is 12.0 Å². The van der Waals surface area contributed by atoms with E-state index in [-0.39, 0.29) is 0 Å². The fraction of sp³-hybridized carbons (Fsp3) is 1.00. The van der Waals surface area contributed by atoms with Crippen molar-refractivity contribution in [1.82, 2.24) is 5.32 Å². The smallest absolute Gasteiger partial charge is 0.00620 e. The van der Waals surface area contributed by atoms with E-state index in [4.69, 9.17) is 0 Å². The molecule has 0 amide bonds. The van der Waals surface area contributed by atoms with Gasteiger partial charge in [-0.05, 0) is 25.7 Å². The minimum atomic E-state index is 0.664. The van der Waals surface area contributed by atoms with Crippen LogP contribution in [-0.2, 0) is 0 Å². The van der Waals surface area contributed by atoms with Crippen LogP contribution in [0.3, 0.4) is 0 Å². The van der Waals surface area contributed by atoms with Crippen molar-refractivity contribution in [1.29, 1.82) is 0 Å². The number of rotatable bonds is 6. The maximum atomic E-state index is 3.60. The molecule has 1 atom stereocenters. The molecule has 0 radical (unpaired) electrons. The molecule has 1 fully saturated rings. The molecular weight excluding hydrogens is 202 g/mol. The molecule has 0 aromatic heterocycles. The molecule has 0 heterocycles. The van der Waals surface area contributed by atoms with Crippen molar-refractivity contribution in [2.24, 2.45) is 5.92 Å². The Morgan fingerprint density at radius 1 is 1.13 bits per heavy atom. The van der Waals surface area contributed by atoms with Crippen molar-refractivity contribution >= 4 is 11.8 Å². The van der Waals surface area contributed by atoms with Crippen LogP contribution in [0.2, 0.25) is 0 Å². The van der Waals surface area contributed by atoms with Gasteiger partial charge in [-0.1, -0.05) is 33.1 Å². The highest BCUT2D eigenvalue weighted by Crippen LogP contribution is 2.27. The predicted octanol–water partition coefficient (Wildman–Crippen LogP) is 3.69. The molecule has 1 saturated carbocycles. The van der Waals surface area contributed by atoms with Gasteiger partial charge in [0, 0.05) is 23.6 Å². The molecule has 15 heavy (non-hydrogen) atoms. The number of hydrogen-bond donors (Lipinski definition) is 1. The molecule has 0 aromatic rings. The maximum Gasteiger partial charge on any atom is 0.00620 e. The van der Waals surface area contributed by atoms with Gasteiger partial charge < -0.3 is 5.32 Å². The van der Waals surface area contributed by atoms with Gasteiger partial charge in [0.05, 0.1) is 0 Å². The molecule has 1 aliphatic carbocycles. The summed E-state index contributed by atoms with van der Waals surface area (Å²) in [7, 11) is 0. The summed E-state index contributed by atoms with van der Waals surface area (Å²) in [6.45, 7) is 8.04. The second-order valence-electron chi connectivity index (χ2n) is 5.12. The zero-order valence-electron chi connectivity index (χ0n) is 10.6. The van der Waals surface area contributed by atoms with Crippen LogP contribution in [0.25, 0.3) is 0 Å². The van der Waals surface area contributed by atoms with Crippen LogP contribution < -0.4 is 5.32 Å². The summed E-state index contributed by atoms with van der Waals surface area (Å²) >= 11 is 2.19. The first-order chi connectivity index (χ1) is 7.20. The Morgan fingerprint density at radius 3 is 2.40 bits per heavy atom. The van der Waals surface area contributed by atoms with E-state index in [0.29, 0.717) is 6.04 Å². The average molecular weight is 229 g/mol. The van der Waals surface area contributed by atoms with E-state index in [1.165, 1.54) is 44.4 Å². The third-order valence-corrected chi connectivity index (χ3v) is 4.86. The SMILES string of the molecule is CC(C)C(C)NCCSC1CCCCC1. The van der Waals surface area contributed by atoms with Gasteiger partial charge in [-0.25, -0.2) is 0 Å². The van der Waals surface area contributed by atoms with Gasteiger partial charge in [0.25, 0.3) is 0 Å². The molecular formula is C13H27NS. The van der Waals surface area contributed by atoms with E-state index in [1.54, 1.807) is 0 Å². The first-order valence-electron chi connectivity index (χ1n) is 6.55. The molecule has 90 valence electrons. The summed E-state index contributed by atoms with van der Waals surface area (Å²) in [6.07, 6.45) is 7.33. The highest BCUT2D eigenvalue weighted by atomic mass is 32.2. The molecule has 0 aliphatic heterocycles. The predicted molar refractivity (Wildman–Crippen MR) is 71.6 cm³/mol. The van der Waals surface area contributed by atoms with E-state index in [1.807, 2.05) is 0 Å². The number of thioether (sulfide) groups is 1. The van der Waals surface area contributed by atoms with Crippen LogP contribution in [0.15, 0.2) is 0 Å². The molecule has 0 aromatic carbocycles. The number of hydrogen-bond acceptors (Lipinski definition) is 2. The Bertz CT molecular complexity index is 153. The Balaban J connectivity index is 1.96. The van der Waals surface area contributed by atoms with Gasteiger partial charge >= 0.3 is 0 Å². The fourth-order valence-electron chi connectivity index (χ4n) is 1.98. The Hall–Kier alpha value is 0.310. The van der Waals surface area contributed by atoms with Crippen molar-refractivity contribution in [2.45, 2.75) is 64.2 Å². The largest absolute Gasteiger partial charge is 0.313 e. The van der Waals surface area contributed by atoms with Crippen molar-refractivity contribution < 1.29 is 0 Å². The lowest BCUT2D eigenvalue weighted by Crippen LogP contribution is -2.32. The quantitative estimate of drug-likeness (QED) is 0.697. The second-order valence-corrected chi connectivity index (χ2v) is 6.53. The molecule has 2 heteroatoms. The Kier molecular flexibility index (Phi) is 6.74. The molecule has 1 aliphatic rings. The van der Waals surface area contributed by atoms with Gasteiger partial charge in [0.15, 0.2) is 0 Å². The maximum absolute atomic E-state index is 3.60. The van der Waals surface area contributed by atoms with Crippen LogP contribution >= 0.6 is 11.8 Å². The average Bonchev–Trinajstić information content (AvgIpc) is 2.25. The first kappa shape index (κ1) is 13.4. The molecule has 1 nitrogen and oxygen atoms in total. The normalized spacial score (nSPS) is 20.8. The summed E-state index contributed by atoms with van der Waals surface area (Å²) in [6, 6.07) is 0.664. The molecule has 1 unspecified atom stereocenters. The second kappa shape index (κ2) is 7.56. The monoisotopic (exact) mass is 229 g/mol. The Morgan fingerprint density at radius 2 is 1.80 bits per heavy atom. The highest BCUT2D eigenvalue weighted by Gasteiger charge is 2.13. The van der Waals surface area contributed by atoms with Crippen LogP contribution in [0, 0.1) is 5.92 Å². The molecule has 1 rings (SSSR count). The van der Waals surface area contributed by atoms with E-state index >= 15 is 0 Å². The van der Waals surface area contributed by atoms with Gasteiger partial charge in [0.1, 0.15) is 0 Å². The first-order valence-corrected chi connectivity index (χ1v) is 7.60. The van der Waals surface area contributed by atoms with Gasteiger partial charge in [-0.2, -0.15) is 11.8 Å². The van der Waals surface area contributed by atoms with Crippen molar-refractivity contribution in [2.75, 3.05) is 12.3 Å². The summed E-state index contributed by atoms with van der Waals surface area (Å²) in [4.78, 5) is 0. The molecule has 0 bridgehead atoms. The van der Waals surface area contributed by atoms with Gasteiger partial charge in [-0.15, -0.1) is 0 Å². The lowest BCUT2D eigenvalue weighted by atomic mass is 10.0. The zero-order chi connectivity index (χ0) is 11.1. The molecule has 1 N–H and O–H groups in total. The van der Waals surface area contributed by atoms with Crippen LogP contribution in [0.5, 0.6) is 0 Å². The third-order valence-electron chi connectivity index (χ3n) is 3.47. The van der Waals surface area contributed by atoms with E-state index < -0.39 is 0 Å². The molecule has 0 saturated heterocycles. The van der Waals surface area contributed by atoms with Gasteiger partial charge in [0.2, 0.25) is 0 Å². The standard InChI is InChI=1S/C13H27NS/c1-11(2)12(3)14-9-10-15-13-7-5-4-6-8-13/h11-14H,4-10H2,1-3H3. The van der Waals surface area contributed by atoms with E-state index in [2.05, 4.69) is 37.8 Å². The minimum Gasteiger partial charge on any atom is -0.313 e. The highest BCUT2D eigenvalue weighted by molar-refractivity contribution is 7.99. The van der Waals surface area contributed by atoms with E-state index in [9.17, 15) is 0 Å². The van der Waals surface area contributed by atoms with Crippen LogP contribution in [0.1, 0.15) is 52.9 Å². The van der Waals surface area contributed by atoms with Crippen LogP contribution in [0.4, 0.5) is 0 Å².